The topological polar surface area (TPSA) is 66.8 Å². The van der Waals surface area contributed by atoms with Crippen LogP contribution >= 0.6 is 0 Å². The van der Waals surface area contributed by atoms with E-state index in [1.54, 1.807) is 11.0 Å². The van der Waals surface area contributed by atoms with Gasteiger partial charge in [-0.25, -0.2) is 0 Å². The van der Waals surface area contributed by atoms with Crippen molar-refractivity contribution >= 4 is 11.9 Å². The van der Waals surface area contributed by atoms with Crippen molar-refractivity contribution in [3.63, 3.8) is 0 Å². The van der Waals surface area contributed by atoms with Crippen LogP contribution in [-0.4, -0.2) is 46.7 Å². The van der Waals surface area contributed by atoms with Gasteiger partial charge in [-0.2, -0.15) is 0 Å². The van der Waals surface area contributed by atoms with Crippen molar-refractivity contribution in [2.24, 2.45) is 17.8 Å². The summed E-state index contributed by atoms with van der Waals surface area (Å²) in [5.41, 5.74) is -0.712. The van der Waals surface area contributed by atoms with Crippen LogP contribution < -0.4 is 0 Å². The maximum atomic E-state index is 12.5. The third kappa shape index (κ3) is 1.80. The Hall–Kier alpha value is -1.62. The van der Waals surface area contributed by atoms with Crippen molar-refractivity contribution in [1.29, 1.82) is 0 Å². The molecule has 0 radical (unpaired) electrons. The molecule has 0 aromatic carbocycles. The summed E-state index contributed by atoms with van der Waals surface area (Å²) < 4.78 is 5.81. The Morgan fingerprint density at radius 2 is 2.40 bits per heavy atom. The highest BCUT2D eigenvalue weighted by Gasteiger charge is 2.66. The van der Waals surface area contributed by atoms with Crippen molar-refractivity contribution in [2.75, 3.05) is 13.1 Å². The normalized spacial score (nSPS) is 38.5. The van der Waals surface area contributed by atoms with Crippen LogP contribution in [0.2, 0.25) is 0 Å². The molecule has 5 nitrogen and oxygen atoms in total. The minimum Gasteiger partial charge on any atom is -0.481 e. The van der Waals surface area contributed by atoms with Gasteiger partial charge in [-0.3, -0.25) is 9.59 Å². The lowest BCUT2D eigenvalue weighted by atomic mass is 9.77. The molecule has 2 saturated heterocycles. The maximum absolute atomic E-state index is 12.5. The number of rotatable bonds is 4. The second kappa shape index (κ2) is 4.45. The largest absolute Gasteiger partial charge is 0.481 e. The van der Waals surface area contributed by atoms with Gasteiger partial charge in [-0.15, -0.1) is 0 Å². The van der Waals surface area contributed by atoms with E-state index < -0.39 is 29.5 Å². The van der Waals surface area contributed by atoms with Crippen LogP contribution in [0.1, 0.15) is 13.8 Å². The molecule has 1 spiro atoms. The number of amides is 1. The second-order valence-corrected chi connectivity index (χ2v) is 6.13. The molecule has 4 atom stereocenters. The summed E-state index contributed by atoms with van der Waals surface area (Å²) in [6, 6.07) is 0. The fourth-order valence-electron chi connectivity index (χ4n) is 3.47. The zero-order chi connectivity index (χ0) is 14.5. The van der Waals surface area contributed by atoms with Gasteiger partial charge in [-0.1, -0.05) is 38.2 Å². The number of ether oxygens (including phenoxy) is 1. The van der Waals surface area contributed by atoms with E-state index in [4.69, 9.17) is 4.74 Å². The van der Waals surface area contributed by atoms with Gasteiger partial charge in [0.1, 0.15) is 11.5 Å². The highest BCUT2D eigenvalue weighted by molar-refractivity contribution is 5.90. The summed E-state index contributed by atoms with van der Waals surface area (Å²) in [6.45, 7) is 5.12. The van der Waals surface area contributed by atoms with E-state index in [0.29, 0.717) is 19.0 Å². The average Bonchev–Trinajstić information content (AvgIpc) is 2.98. The molecule has 0 aliphatic carbocycles. The Bertz CT molecular complexity index is 510. The molecule has 3 rings (SSSR count). The first-order chi connectivity index (χ1) is 9.44. The van der Waals surface area contributed by atoms with Gasteiger partial charge < -0.3 is 14.7 Å². The minimum atomic E-state index is -0.945. The highest BCUT2D eigenvalue weighted by Crippen LogP contribution is 2.51. The molecule has 1 N–H and O–H groups in total. The van der Waals surface area contributed by atoms with E-state index in [1.807, 2.05) is 18.2 Å². The first kappa shape index (κ1) is 13.4. The van der Waals surface area contributed by atoms with Gasteiger partial charge in [-0.05, 0) is 5.92 Å². The van der Waals surface area contributed by atoms with Gasteiger partial charge in [0.2, 0.25) is 5.91 Å². The number of carbonyl (C=O) groups excluding carboxylic acids is 1. The quantitative estimate of drug-likeness (QED) is 0.780. The lowest BCUT2D eigenvalue weighted by molar-refractivity contribution is -0.147. The average molecular weight is 277 g/mol. The number of carboxylic acids is 1. The first-order valence-corrected chi connectivity index (χ1v) is 7.00. The van der Waals surface area contributed by atoms with Crippen LogP contribution in [-0.2, 0) is 14.3 Å². The number of hydrogen-bond donors (Lipinski definition) is 1. The summed E-state index contributed by atoms with van der Waals surface area (Å²) in [7, 11) is 0. The van der Waals surface area contributed by atoms with Gasteiger partial charge in [0.05, 0.1) is 18.6 Å². The molecule has 1 amide bonds. The van der Waals surface area contributed by atoms with Crippen LogP contribution in [0.25, 0.3) is 0 Å². The molecule has 0 aromatic rings. The highest BCUT2D eigenvalue weighted by atomic mass is 16.5. The molecular formula is C15H19NO4. The third-order valence-electron chi connectivity index (χ3n) is 4.31. The van der Waals surface area contributed by atoms with Crippen LogP contribution in [0, 0.1) is 17.8 Å². The molecule has 3 heterocycles. The predicted molar refractivity (Wildman–Crippen MR) is 71.9 cm³/mol. The van der Waals surface area contributed by atoms with Crippen LogP contribution in [0.4, 0.5) is 0 Å². The van der Waals surface area contributed by atoms with Crippen molar-refractivity contribution < 1.29 is 19.4 Å². The Kier molecular flexibility index (Phi) is 2.97. The maximum Gasteiger partial charge on any atom is 0.310 e. The second-order valence-electron chi connectivity index (χ2n) is 6.13. The van der Waals surface area contributed by atoms with Gasteiger partial charge in [0.25, 0.3) is 0 Å². The van der Waals surface area contributed by atoms with E-state index in [9.17, 15) is 14.7 Å². The molecule has 108 valence electrons. The summed E-state index contributed by atoms with van der Waals surface area (Å²) in [6.07, 6.45) is 7.23. The number of aliphatic carboxylic acids is 1. The zero-order valence-electron chi connectivity index (χ0n) is 11.7. The molecule has 3 aliphatic rings. The zero-order valence-corrected chi connectivity index (χ0v) is 11.7. The fraction of sp³-hybridized carbons (Fsp3) is 0.600. The molecule has 4 unspecified atom stereocenters. The molecule has 0 aromatic heterocycles. The molecule has 2 bridgehead atoms. The van der Waals surface area contributed by atoms with E-state index >= 15 is 0 Å². The number of fused-ring (bicyclic) bond motifs is 1. The Morgan fingerprint density at radius 1 is 1.65 bits per heavy atom. The summed E-state index contributed by atoms with van der Waals surface area (Å²) in [5.74, 6) is -1.92. The third-order valence-corrected chi connectivity index (χ3v) is 4.31. The van der Waals surface area contributed by atoms with Crippen molar-refractivity contribution in [2.45, 2.75) is 25.6 Å². The lowest BCUT2D eigenvalue weighted by Gasteiger charge is -2.21. The number of carboxylic acid groups (broad SMARTS) is 1. The van der Waals surface area contributed by atoms with Crippen LogP contribution in [0.15, 0.2) is 24.3 Å². The number of allylic oxidation sites excluding steroid dienone is 1. The lowest BCUT2D eigenvalue weighted by Crippen LogP contribution is -2.39. The van der Waals surface area contributed by atoms with E-state index in [2.05, 4.69) is 13.8 Å². The predicted octanol–water partition coefficient (Wildman–Crippen LogP) is 1.07. The van der Waals surface area contributed by atoms with E-state index in [-0.39, 0.29) is 5.91 Å². The molecule has 0 saturated carbocycles. The Balaban J connectivity index is 1.80. The van der Waals surface area contributed by atoms with Crippen LogP contribution in [0.3, 0.4) is 0 Å². The first-order valence-electron chi connectivity index (χ1n) is 7.00. The Labute approximate surface area is 117 Å². The number of hydrogen-bond acceptors (Lipinski definition) is 3. The summed E-state index contributed by atoms with van der Waals surface area (Å²) >= 11 is 0. The number of nitrogens with zero attached hydrogens (tertiary/aromatic N) is 1. The number of likely N-dealkylation sites (tertiary alicyclic amines) is 1. The molecule has 3 aliphatic heterocycles. The van der Waals surface area contributed by atoms with Crippen molar-refractivity contribution in [3.8, 4) is 0 Å². The smallest absolute Gasteiger partial charge is 0.310 e. The fourth-order valence-corrected chi connectivity index (χ4v) is 3.47. The van der Waals surface area contributed by atoms with Crippen LogP contribution in [0.5, 0.6) is 0 Å². The van der Waals surface area contributed by atoms with E-state index in [1.165, 1.54) is 0 Å². The summed E-state index contributed by atoms with van der Waals surface area (Å²) in [5, 5.41) is 9.33. The SMILES string of the molecule is CC(C)/C=C/CN1CC23C=CC(O2)C(C(=O)O)C3C1=O. The van der Waals surface area contributed by atoms with Crippen molar-refractivity contribution in [1.82, 2.24) is 4.90 Å². The van der Waals surface area contributed by atoms with Crippen molar-refractivity contribution in [3.05, 3.63) is 24.3 Å². The standard InChI is InChI=1S/C15H19NO4/c1-9(2)4-3-7-16-8-15-6-5-10(20-15)11(14(18)19)12(15)13(16)17/h3-6,9-12H,7-8H2,1-2H3,(H,18,19)/b4-3+. The molecular weight excluding hydrogens is 258 g/mol. The van der Waals surface area contributed by atoms with Gasteiger partial charge in [0.15, 0.2) is 0 Å². The molecule has 20 heavy (non-hydrogen) atoms. The summed E-state index contributed by atoms with van der Waals surface area (Å²) in [4.78, 5) is 25.6. The molecule has 5 heteroatoms. The molecule has 2 fully saturated rings. The Morgan fingerprint density at radius 3 is 3.05 bits per heavy atom. The van der Waals surface area contributed by atoms with Gasteiger partial charge in [0, 0.05) is 6.54 Å². The minimum absolute atomic E-state index is 0.0994. The van der Waals surface area contributed by atoms with E-state index in [0.717, 1.165) is 0 Å². The van der Waals surface area contributed by atoms with Gasteiger partial charge >= 0.3 is 5.97 Å². The number of carbonyl (C=O) groups is 2. The monoisotopic (exact) mass is 277 g/mol.